The molecule has 7 heteroatoms. The molecule has 2 aromatic carbocycles. The Kier molecular flexibility index (Phi) is 6.09. The van der Waals surface area contributed by atoms with Gasteiger partial charge in [-0.3, -0.25) is 14.4 Å². The highest BCUT2D eigenvalue weighted by atomic mass is 16.7. The first kappa shape index (κ1) is 22.1. The van der Waals surface area contributed by atoms with Gasteiger partial charge < -0.3 is 19.1 Å². The van der Waals surface area contributed by atoms with Gasteiger partial charge >= 0.3 is 17.9 Å². The average Bonchev–Trinajstić information content (AvgIpc) is 3.02. The summed E-state index contributed by atoms with van der Waals surface area (Å²) in [5, 5.41) is 2.12. The molecule has 0 saturated carbocycles. The number of benzene rings is 2. The molecule has 2 aliphatic rings. The second-order valence-electron chi connectivity index (χ2n) is 8.70. The van der Waals surface area contributed by atoms with Crippen molar-refractivity contribution in [1.29, 1.82) is 0 Å². The van der Waals surface area contributed by atoms with Crippen molar-refractivity contribution in [3.63, 3.8) is 0 Å². The predicted octanol–water partition coefficient (Wildman–Crippen LogP) is 4.28. The summed E-state index contributed by atoms with van der Waals surface area (Å²) in [6.45, 7) is 5.95. The van der Waals surface area contributed by atoms with Crippen LogP contribution in [0.1, 0.15) is 58.1 Å². The Balaban J connectivity index is 1.58. The second-order valence-corrected chi connectivity index (χ2v) is 8.70. The lowest BCUT2D eigenvalue weighted by atomic mass is 9.91. The van der Waals surface area contributed by atoms with E-state index in [0.717, 1.165) is 41.3 Å². The van der Waals surface area contributed by atoms with Crippen LogP contribution in [0.4, 0.5) is 5.69 Å². The minimum atomic E-state index is -1.26. The van der Waals surface area contributed by atoms with Gasteiger partial charge in [0.05, 0.1) is 12.6 Å². The zero-order valence-electron chi connectivity index (χ0n) is 18.8. The van der Waals surface area contributed by atoms with Gasteiger partial charge in [0.15, 0.2) is 5.92 Å². The van der Waals surface area contributed by atoms with Crippen molar-refractivity contribution in [2.24, 2.45) is 5.92 Å². The van der Waals surface area contributed by atoms with Gasteiger partial charge in [-0.25, -0.2) is 0 Å². The molecule has 1 unspecified atom stereocenters. The molecule has 1 saturated heterocycles. The molecule has 0 amide bonds. The van der Waals surface area contributed by atoms with Crippen molar-refractivity contribution in [2.45, 2.75) is 58.3 Å². The Labute approximate surface area is 187 Å². The molecule has 0 bridgehead atoms. The third-order valence-electron chi connectivity index (χ3n) is 5.98. The second kappa shape index (κ2) is 8.81. The lowest BCUT2D eigenvalue weighted by Gasteiger charge is -2.38. The van der Waals surface area contributed by atoms with E-state index in [0.29, 0.717) is 19.6 Å². The number of anilines is 1. The van der Waals surface area contributed by atoms with Gasteiger partial charge in [0.1, 0.15) is 0 Å². The highest BCUT2D eigenvalue weighted by Crippen LogP contribution is 2.49. The molecule has 0 N–H and O–H groups in total. The van der Waals surface area contributed by atoms with Crippen molar-refractivity contribution in [3.05, 3.63) is 42.0 Å². The van der Waals surface area contributed by atoms with E-state index >= 15 is 0 Å². The Morgan fingerprint density at radius 2 is 1.72 bits per heavy atom. The third kappa shape index (κ3) is 4.16. The van der Waals surface area contributed by atoms with E-state index in [9.17, 15) is 14.4 Å². The third-order valence-corrected chi connectivity index (χ3v) is 5.98. The van der Waals surface area contributed by atoms with Crippen molar-refractivity contribution in [2.75, 3.05) is 18.1 Å². The van der Waals surface area contributed by atoms with Crippen LogP contribution in [-0.4, -0.2) is 36.8 Å². The van der Waals surface area contributed by atoms with Gasteiger partial charge in [-0.15, -0.1) is 0 Å². The molecule has 0 radical (unpaired) electrons. The Morgan fingerprint density at radius 3 is 2.41 bits per heavy atom. The number of hydrogen-bond acceptors (Lipinski definition) is 7. The molecule has 2 heterocycles. The van der Waals surface area contributed by atoms with Gasteiger partial charge in [-0.05, 0) is 36.8 Å². The summed E-state index contributed by atoms with van der Waals surface area (Å²) in [5.41, 5.74) is 1.93. The van der Waals surface area contributed by atoms with Crippen LogP contribution in [-0.2, 0) is 28.6 Å². The fraction of sp³-hybridized carbons (Fsp3) is 0.480. The summed E-state index contributed by atoms with van der Waals surface area (Å²) < 4.78 is 15.9. The number of hydrogen-bond donors (Lipinski definition) is 0. The quantitative estimate of drug-likeness (QED) is 0.345. The summed E-state index contributed by atoms with van der Waals surface area (Å²) in [4.78, 5) is 39.6. The molecular weight excluding hydrogens is 410 g/mol. The van der Waals surface area contributed by atoms with Crippen molar-refractivity contribution in [1.82, 2.24) is 0 Å². The summed E-state index contributed by atoms with van der Waals surface area (Å²) >= 11 is 0. The number of cyclic esters (lactones) is 2. The van der Waals surface area contributed by atoms with Crippen LogP contribution in [0.3, 0.4) is 0 Å². The molecule has 0 spiro atoms. The smallest absolute Gasteiger partial charge is 0.326 e. The van der Waals surface area contributed by atoms with E-state index in [1.807, 2.05) is 36.4 Å². The number of nitrogens with zero attached hydrogens (tertiary/aromatic N) is 1. The lowest BCUT2D eigenvalue weighted by molar-refractivity contribution is -0.241. The molecule has 170 valence electrons. The van der Waals surface area contributed by atoms with Crippen molar-refractivity contribution >= 4 is 34.4 Å². The van der Waals surface area contributed by atoms with E-state index in [4.69, 9.17) is 14.2 Å². The molecule has 7 nitrogen and oxygen atoms in total. The van der Waals surface area contributed by atoms with Crippen LogP contribution in [0.2, 0.25) is 0 Å². The molecule has 2 aliphatic heterocycles. The highest BCUT2D eigenvalue weighted by Gasteiger charge is 2.51. The summed E-state index contributed by atoms with van der Waals surface area (Å²) in [6, 6.07) is 11.5. The molecule has 1 fully saturated rings. The fourth-order valence-corrected chi connectivity index (χ4v) is 4.72. The first-order chi connectivity index (χ1) is 15.3. The number of unbranched alkanes of at least 4 members (excludes halogenated alkanes) is 2. The van der Waals surface area contributed by atoms with E-state index in [1.54, 1.807) is 20.8 Å². The molecular formula is C25H29NO6. The van der Waals surface area contributed by atoms with E-state index in [-0.39, 0.29) is 5.97 Å². The molecule has 0 aromatic heterocycles. The Hall–Kier alpha value is -3.09. The van der Waals surface area contributed by atoms with E-state index in [1.165, 1.54) is 0 Å². The first-order valence-corrected chi connectivity index (χ1v) is 11.2. The topological polar surface area (TPSA) is 82.1 Å². The SMILES string of the molecule is CCOC(=O)CCCCCN1c2cccc3cccc(c23)C1C1C(=O)OC(C)(C)OC1=O. The average molecular weight is 440 g/mol. The first-order valence-electron chi connectivity index (χ1n) is 11.2. The minimum absolute atomic E-state index is 0.181. The maximum Gasteiger partial charge on any atom is 0.326 e. The summed E-state index contributed by atoms with van der Waals surface area (Å²) in [7, 11) is 0. The summed E-state index contributed by atoms with van der Waals surface area (Å²) in [5.74, 6) is -3.62. The minimum Gasteiger partial charge on any atom is -0.466 e. The van der Waals surface area contributed by atoms with Gasteiger partial charge in [0.25, 0.3) is 5.79 Å². The molecule has 1 atom stereocenters. The molecule has 2 aromatic rings. The van der Waals surface area contributed by atoms with Crippen LogP contribution < -0.4 is 4.90 Å². The summed E-state index contributed by atoms with van der Waals surface area (Å²) in [6.07, 6.45) is 2.77. The maximum absolute atomic E-state index is 12.9. The van der Waals surface area contributed by atoms with Crippen LogP contribution in [0.5, 0.6) is 0 Å². The van der Waals surface area contributed by atoms with Crippen molar-refractivity contribution < 1.29 is 28.6 Å². The van der Waals surface area contributed by atoms with Crippen molar-refractivity contribution in [3.8, 4) is 0 Å². The molecule has 32 heavy (non-hydrogen) atoms. The number of esters is 3. The normalized spacial score (nSPS) is 19.7. The molecule has 4 rings (SSSR count). The predicted molar refractivity (Wildman–Crippen MR) is 119 cm³/mol. The number of carbonyl (C=O) groups excluding carboxylic acids is 3. The van der Waals surface area contributed by atoms with Crippen LogP contribution in [0.15, 0.2) is 36.4 Å². The highest BCUT2D eigenvalue weighted by molar-refractivity contribution is 6.05. The lowest BCUT2D eigenvalue weighted by Crippen LogP contribution is -2.50. The number of ether oxygens (including phenoxy) is 3. The van der Waals surface area contributed by atoms with Crippen LogP contribution in [0.25, 0.3) is 10.8 Å². The Morgan fingerprint density at radius 1 is 1.03 bits per heavy atom. The van der Waals surface area contributed by atoms with E-state index in [2.05, 4.69) is 4.90 Å². The zero-order chi connectivity index (χ0) is 22.9. The van der Waals surface area contributed by atoms with Crippen LogP contribution >= 0.6 is 0 Å². The zero-order valence-corrected chi connectivity index (χ0v) is 18.8. The van der Waals surface area contributed by atoms with Gasteiger partial charge in [-0.1, -0.05) is 36.8 Å². The van der Waals surface area contributed by atoms with Crippen LogP contribution in [0, 0.1) is 5.92 Å². The largest absolute Gasteiger partial charge is 0.466 e. The molecule has 0 aliphatic carbocycles. The number of rotatable bonds is 8. The Bertz CT molecular complexity index is 1020. The standard InChI is InChI=1S/C25H29NO6/c1-4-30-19(27)14-6-5-7-15-26-18-13-9-11-16-10-8-12-17(20(16)18)22(26)21-23(28)31-25(2,3)32-24(21)29/h8-13,21-22H,4-7,14-15H2,1-3H3. The maximum atomic E-state index is 12.9. The van der Waals surface area contributed by atoms with E-state index < -0.39 is 29.7 Å². The van der Waals surface area contributed by atoms with Gasteiger partial charge in [0.2, 0.25) is 0 Å². The fourth-order valence-electron chi connectivity index (χ4n) is 4.72. The van der Waals surface area contributed by atoms with Gasteiger partial charge in [0, 0.05) is 37.9 Å². The number of carbonyl (C=O) groups is 3. The monoisotopic (exact) mass is 439 g/mol. The van der Waals surface area contributed by atoms with Gasteiger partial charge in [-0.2, -0.15) is 0 Å².